The van der Waals surface area contributed by atoms with E-state index in [0.717, 1.165) is 0 Å². The molecule has 2 fully saturated rings. The number of carboxylic acids is 1. The number of hydrogen-bond acceptors (Lipinski definition) is 6. The summed E-state index contributed by atoms with van der Waals surface area (Å²) in [7, 11) is 0. The number of ether oxygens (including phenoxy) is 1. The standard InChI is InChI=1S/C17H20N2O5S.K/c1-9(24-10-7-5-4-6-8-10)13(20)18-11-14(21)19-12(16(22)23)17(2,3)25-15(11)19;/h4-9,11-12,15H,1-3H3,(H,18,20)(H,22,23);/q;+1/p-1/t9?,11-,12?,15-;/m1./s1. The van der Waals surface area contributed by atoms with Crippen molar-refractivity contribution in [3.8, 4) is 5.75 Å². The Hall–Kier alpha value is -0.584. The molecule has 0 bridgehead atoms. The fraction of sp³-hybridized carbons (Fsp3) is 0.471. The Morgan fingerprint density at radius 3 is 2.50 bits per heavy atom. The first-order valence-corrected chi connectivity index (χ1v) is 8.83. The molecule has 2 amide bonds. The Kier molecular flexibility index (Phi) is 6.84. The van der Waals surface area contributed by atoms with E-state index >= 15 is 0 Å². The van der Waals surface area contributed by atoms with Gasteiger partial charge in [-0.1, -0.05) is 18.2 Å². The molecule has 7 nitrogen and oxygen atoms in total. The molecule has 2 heterocycles. The second-order valence-corrected chi connectivity index (χ2v) is 8.41. The van der Waals surface area contributed by atoms with Crippen LogP contribution >= 0.6 is 11.8 Å². The first-order valence-electron chi connectivity index (χ1n) is 7.95. The molecule has 0 aromatic heterocycles. The normalized spacial score (nSPS) is 26.8. The molecule has 26 heavy (non-hydrogen) atoms. The van der Waals surface area contributed by atoms with Gasteiger partial charge in [0.05, 0.1) is 12.0 Å². The van der Waals surface area contributed by atoms with E-state index in [0.29, 0.717) is 5.75 Å². The molecule has 1 aromatic rings. The van der Waals surface area contributed by atoms with Crippen molar-refractivity contribution in [2.24, 2.45) is 0 Å². The van der Waals surface area contributed by atoms with Crippen molar-refractivity contribution in [3.63, 3.8) is 0 Å². The quantitative estimate of drug-likeness (QED) is 0.410. The molecule has 1 N–H and O–H groups in total. The molecule has 0 spiro atoms. The second kappa shape index (κ2) is 8.20. The fourth-order valence-electron chi connectivity index (χ4n) is 3.15. The molecule has 2 saturated heterocycles. The van der Waals surface area contributed by atoms with Crippen LogP contribution in [0.15, 0.2) is 30.3 Å². The predicted molar refractivity (Wildman–Crippen MR) is 89.6 cm³/mol. The molecule has 0 radical (unpaired) electrons. The van der Waals surface area contributed by atoms with Gasteiger partial charge in [-0.2, -0.15) is 0 Å². The zero-order valence-electron chi connectivity index (χ0n) is 15.1. The van der Waals surface area contributed by atoms with Gasteiger partial charge >= 0.3 is 51.4 Å². The number of para-hydroxylation sites is 1. The topological polar surface area (TPSA) is 98.8 Å². The predicted octanol–water partition coefficient (Wildman–Crippen LogP) is -3.25. The number of aliphatic carboxylic acids is 1. The molecule has 9 heteroatoms. The van der Waals surface area contributed by atoms with Crippen LogP contribution in [0.3, 0.4) is 0 Å². The van der Waals surface area contributed by atoms with Crippen LogP contribution in [0.25, 0.3) is 0 Å². The average Bonchev–Trinajstić information content (AvgIpc) is 2.81. The Bertz CT molecular complexity index is 714. The number of β-lactam (4-membered cyclic amide) rings is 1. The number of carbonyl (C=O) groups excluding carboxylic acids is 3. The minimum atomic E-state index is -1.28. The van der Waals surface area contributed by atoms with Crippen LogP contribution < -0.4 is 66.5 Å². The van der Waals surface area contributed by atoms with Crippen molar-refractivity contribution < 1.29 is 75.6 Å². The summed E-state index contributed by atoms with van der Waals surface area (Å²) in [6.45, 7) is 5.10. The van der Waals surface area contributed by atoms with Gasteiger partial charge in [0.1, 0.15) is 17.2 Å². The number of carboxylic acid groups (broad SMARTS) is 1. The van der Waals surface area contributed by atoms with E-state index in [-0.39, 0.29) is 51.4 Å². The van der Waals surface area contributed by atoms with Gasteiger partial charge in [0.25, 0.3) is 5.91 Å². The van der Waals surface area contributed by atoms with Crippen LogP contribution in [-0.2, 0) is 14.4 Å². The van der Waals surface area contributed by atoms with Crippen molar-refractivity contribution in [3.05, 3.63) is 30.3 Å². The van der Waals surface area contributed by atoms with E-state index in [1.165, 1.54) is 16.7 Å². The van der Waals surface area contributed by atoms with Crippen LogP contribution in [0.5, 0.6) is 5.75 Å². The number of hydrogen-bond donors (Lipinski definition) is 1. The van der Waals surface area contributed by atoms with Crippen molar-refractivity contribution in [2.45, 2.75) is 49.1 Å². The molecule has 134 valence electrons. The van der Waals surface area contributed by atoms with E-state index < -0.39 is 46.1 Å². The van der Waals surface area contributed by atoms with E-state index in [4.69, 9.17) is 4.74 Å². The maximum Gasteiger partial charge on any atom is 1.00 e. The third-order valence-electron chi connectivity index (χ3n) is 4.39. The van der Waals surface area contributed by atoms with E-state index in [1.54, 1.807) is 45.0 Å². The molecule has 0 aliphatic carbocycles. The minimum Gasteiger partial charge on any atom is -0.548 e. The molecule has 0 saturated carbocycles. The smallest absolute Gasteiger partial charge is 0.548 e. The summed E-state index contributed by atoms with van der Waals surface area (Å²) in [4.78, 5) is 37.3. The Morgan fingerprint density at radius 2 is 1.92 bits per heavy atom. The van der Waals surface area contributed by atoms with Crippen molar-refractivity contribution >= 4 is 29.5 Å². The number of nitrogens with zero attached hydrogens (tertiary/aromatic N) is 1. The number of amides is 2. The molecule has 3 rings (SSSR count). The summed E-state index contributed by atoms with van der Waals surface area (Å²) < 4.78 is 4.87. The molecular formula is C17H19KN2O5S. The Labute approximate surface area is 198 Å². The van der Waals surface area contributed by atoms with Gasteiger partial charge in [-0.25, -0.2) is 0 Å². The molecule has 1 aromatic carbocycles. The molecule has 2 aliphatic heterocycles. The van der Waals surface area contributed by atoms with Gasteiger partial charge < -0.3 is 24.9 Å². The summed E-state index contributed by atoms with van der Waals surface area (Å²) in [5, 5.41) is 13.6. The van der Waals surface area contributed by atoms with Crippen LogP contribution in [-0.4, -0.2) is 51.0 Å². The summed E-state index contributed by atoms with van der Waals surface area (Å²) in [5.41, 5.74) is 0. The number of thioether (sulfide) groups is 1. The fourth-order valence-corrected chi connectivity index (χ4v) is 4.77. The van der Waals surface area contributed by atoms with Gasteiger partial charge in [0.15, 0.2) is 6.10 Å². The average molecular weight is 403 g/mol. The second-order valence-electron chi connectivity index (χ2n) is 6.64. The summed E-state index contributed by atoms with van der Waals surface area (Å²) in [5.74, 6) is -1.55. The molecular weight excluding hydrogens is 383 g/mol. The van der Waals surface area contributed by atoms with Crippen LogP contribution in [0.1, 0.15) is 20.8 Å². The minimum absolute atomic E-state index is 0. The number of carbonyl (C=O) groups is 3. The summed E-state index contributed by atoms with van der Waals surface area (Å²) >= 11 is 1.35. The van der Waals surface area contributed by atoms with Crippen molar-refractivity contribution in [2.75, 3.05) is 0 Å². The Morgan fingerprint density at radius 1 is 1.31 bits per heavy atom. The van der Waals surface area contributed by atoms with Gasteiger partial charge in [-0.05, 0) is 32.9 Å². The summed E-state index contributed by atoms with van der Waals surface area (Å²) in [6, 6.07) is 7.16. The van der Waals surface area contributed by atoms with Crippen molar-refractivity contribution in [1.29, 1.82) is 0 Å². The van der Waals surface area contributed by atoms with E-state index in [2.05, 4.69) is 5.32 Å². The third kappa shape index (κ3) is 3.97. The molecule has 2 aliphatic rings. The molecule has 4 atom stereocenters. The maximum atomic E-state index is 12.3. The van der Waals surface area contributed by atoms with Gasteiger partial charge in [-0.3, -0.25) is 9.59 Å². The zero-order valence-corrected chi connectivity index (χ0v) is 19.0. The third-order valence-corrected chi connectivity index (χ3v) is 5.96. The summed E-state index contributed by atoms with van der Waals surface area (Å²) in [6.07, 6.45) is -0.777. The largest absolute Gasteiger partial charge is 1.00 e. The number of nitrogens with one attached hydrogen (secondary N) is 1. The molecule has 2 unspecified atom stereocenters. The van der Waals surface area contributed by atoms with Gasteiger partial charge in [-0.15, -0.1) is 11.8 Å². The van der Waals surface area contributed by atoms with Crippen molar-refractivity contribution in [1.82, 2.24) is 10.2 Å². The van der Waals surface area contributed by atoms with Gasteiger partial charge in [0, 0.05) is 4.75 Å². The number of rotatable bonds is 5. The number of benzene rings is 1. The van der Waals surface area contributed by atoms with Crippen LogP contribution in [0.4, 0.5) is 0 Å². The monoisotopic (exact) mass is 402 g/mol. The van der Waals surface area contributed by atoms with Crippen LogP contribution in [0.2, 0.25) is 0 Å². The SMILES string of the molecule is CC(Oc1ccccc1)C(=O)N[C@@H]1C(=O)N2C(C(=O)[O-])C(C)(C)S[C@H]12.[K+]. The van der Waals surface area contributed by atoms with Crippen LogP contribution in [0, 0.1) is 0 Å². The maximum absolute atomic E-state index is 12.3. The Balaban J connectivity index is 0.00000243. The zero-order chi connectivity index (χ0) is 18.4. The van der Waals surface area contributed by atoms with E-state index in [9.17, 15) is 19.5 Å². The number of fused-ring (bicyclic) bond motifs is 1. The first-order chi connectivity index (χ1) is 11.7. The first kappa shape index (κ1) is 21.7. The van der Waals surface area contributed by atoms with Gasteiger partial charge in [0.2, 0.25) is 5.91 Å². The van der Waals surface area contributed by atoms with E-state index in [1.807, 2.05) is 6.07 Å².